The van der Waals surface area contributed by atoms with Crippen molar-refractivity contribution >= 4 is 10.9 Å². The molecule has 1 aromatic carbocycles. The van der Waals surface area contributed by atoms with Crippen LogP contribution >= 0.6 is 0 Å². The number of nitrogens with two attached hydrogens (primary N) is 1. The summed E-state index contributed by atoms with van der Waals surface area (Å²) in [5, 5.41) is 1.20. The molecule has 1 saturated heterocycles. The molecule has 1 aromatic heterocycles. The maximum Gasteiger partial charge on any atom is 0.0733 e. The monoisotopic (exact) mass is 256 g/mol. The molecule has 1 aliphatic heterocycles. The normalized spacial score (nSPS) is 24.7. The molecule has 3 heteroatoms. The number of fused-ring (bicyclic) bond motifs is 1. The van der Waals surface area contributed by atoms with E-state index < -0.39 is 0 Å². The summed E-state index contributed by atoms with van der Waals surface area (Å²) in [5.74, 6) is 0. The lowest BCUT2D eigenvalue weighted by atomic mass is 9.98. The first-order chi connectivity index (χ1) is 9.24. The van der Waals surface area contributed by atoms with Crippen LogP contribution in [-0.4, -0.2) is 23.2 Å². The third kappa shape index (κ3) is 2.62. The lowest BCUT2D eigenvalue weighted by Crippen LogP contribution is -2.36. The van der Waals surface area contributed by atoms with Crippen molar-refractivity contribution in [2.45, 2.75) is 44.4 Å². The highest BCUT2D eigenvalue weighted by Crippen LogP contribution is 2.24. The SMILES string of the molecule is CC1CCC(C(N)Cc2ccnc3ccccc23)O1. The van der Waals surface area contributed by atoms with Crippen molar-refractivity contribution in [2.75, 3.05) is 0 Å². The summed E-state index contributed by atoms with van der Waals surface area (Å²) >= 11 is 0. The number of pyridine rings is 1. The van der Waals surface area contributed by atoms with E-state index in [2.05, 4.69) is 24.0 Å². The van der Waals surface area contributed by atoms with Crippen LogP contribution < -0.4 is 5.73 Å². The van der Waals surface area contributed by atoms with E-state index >= 15 is 0 Å². The van der Waals surface area contributed by atoms with Gasteiger partial charge in [-0.1, -0.05) is 18.2 Å². The predicted molar refractivity (Wildman–Crippen MR) is 77.0 cm³/mol. The van der Waals surface area contributed by atoms with Crippen molar-refractivity contribution in [3.05, 3.63) is 42.1 Å². The third-order valence-electron chi connectivity index (χ3n) is 3.94. The number of hydrogen-bond acceptors (Lipinski definition) is 3. The van der Waals surface area contributed by atoms with Gasteiger partial charge in [0.15, 0.2) is 0 Å². The summed E-state index contributed by atoms with van der Waals surface area (Å²) in [6.45, 7) is 2.12. The van der Waals surface area contributed by atoms with Gasteiger partial charge in [0.25, 0.3) is 0 Å². The molecule has 0 aliphatic carbocycles. The van der Waals surface area contributed by atoms with E-state index in [1.165, 1.54) is 10.9 Å². The van der Waals surface area contributed by atoms with Gasteiger partial charge in [-0.15, -0.1) is 0 Å². The Hall–Kier alpha value is -1.45. The molecule has 0 radical (unpaired) electrons. The minimum atomic E-state index is 0.0655. The summed E-state index contributed by atoms with van der Waals surface area (Å²) in [5.41, 5.74) is 8.62. The van der Waals surface area contributed by atoms with Gasteiger partial charge in [-0.2, -0.15) is 0 Å². The number of rotatable bonds is 3. The Balaban J connectivity index is 1.81. The van der Waals surface area contributed by atoms with Gasteiger partial charge in [0.05, 0.1) is 17.7 Å². The van der Waals surface area contributed by atoms with Gasteiger partial charge in [0.1, 0.15) is 0 Å². The first-order valence-electron chi connectivity index (χ1n) is 6.97. The van der Waals surface area contributed by atoms with Crippen LogP contribution in [0.15, 0.2) is 36.5 Å². The molecule has 3 nitrogen and oxygen atoms in total. The van der Waals surface area contributed by atoms with E-state index in [1.54, 1.807) is 0 Å². The Bertz CT molecular complexity index is 564. The lowest BCUT2D eigenvalue weighted by molar-refractivity contribution is 0.0405. The van der Waals surface area contributed by atoms with Gasteiger partial charge >= 0.3 is 0 Å². The predicted octanol–water partition coefficient (Wildman–Crippen LogP) is 2.67. The molecule has 0 saturated carbocycles. The largest absolute Gasteiger partial charge is 0.374 e. The molecule has 2 N–H and O–H groups in total. The molecule has 1 fully saturated rings. The van der Waals surface area contributed by atoms with E-state index in [0.717, 1.165) is 24.8 Å². The zero-order valence-corrected chi connectivity index (χ0v) is 11.3. The van der Waals surface area contributed by atoms with Gasteiger partial charge < -0.3 is 10.5 Å². The van der Waals surface area contributed by atoms with Crippen molar-refractivity contribution < 1.29 is 4.74 Å². The van der Waals surface area contributed by atoms with Crippen LogP contribution in [0.25, 0.3) is 10.9 Å². The van der Waals surface area contributed by atoms with Crippen molar-refractivity contribution in [3.8, 4) is 0 Å². The van der Waals surface area contributed by atoms with E-state index in [1.807, 2.05) is 24.4 Å². The molecule has 3 rings (SSSR count). The second-order valence-electron chi connectivity index (χ2n) is 5.42. The van der Waals surface area contributed by atoms with E-state index in [0.29, 0.717) is 6.10 Å². The summed E-state index contributed by atoms with van der Waals surface area (Å²) in [7, 11) is 0. The van der Waals surface area contributed by atoms with E-state index in [-0.39, 0.29) is 12.1 Å². The van der Waals surface area contributed by atoms with Crippen LogP contribution in [0.3, 0.4) is 0 Å². The third-order valence-corrected chi connectivity index (χ3v) is 3.94. The topological polar surface area (TPSA) is 48.1 Å². The first kappa shape index (κ1) is 12.6. The summed E-state index contributed by atoms with van der Waals surface area (Å²) < 4.78 is 5.87. The van der Waals surface area contributed by atoms with Gasteiger partial charge in [0, 0.05) is 17.6 Å². The Kier molecular flexibility index (Phi) is 3.49. The van der Waals surface area contributed by atoms with Gasteiger partial charge in [-0.25, -0.2) is 0 Å². The van der Waals surface area contributed by atoms with Crippen LogP contribution in [0, 0.1) is 0 Å². The smallest absolute Gasteiger partial charge is 0.0733 e. The maximum atomic E-state index is 6.32. The number of ether oxygens (including phenoxy) is 1. The first-order valence-corrected chi connectivity index (χ1v) is 6.97. The molecule has 3 unspecified atom stereocenters. The summed E-state index contributed by atoms with van der Waals surface area (Å²) in [6, 6.07) is 10.4. The van der Waals surface area contributed by atoms with Crippen molar-refractivity contribution in [3.63, 3.8) is 0 Å². The lowest BCUT2D eigenvalue weighted by Gasteiger charge is -2.20. The van der Waals surface area contributed by atoms with Crippen molar-refractivity contribution in [2.24, 2.45) is 5.73 Å². The van der Waals surface area contributed by atoms with Crippen LogP contribution in [0.4, 0.5) is 0 Å². The second-order valence-corrected chi connectivity index (χ2v) is 5.42. The van der Waals surface area contributed by atoms with Gasteiger partial charge in [-0.05, 0) is 43.9 Å². The molecule has 1 aliphatic rings. The molecule has 0 amide bonds. The number of para-hydroxylation sites is 1. The molecule has 0 spiro atoms. The number of benzene rings is 1. The zero-order valence-electron chi connectivity index (χ0n) is 11.3. The Morgan fingerprint density at radius 1 is 1.32 bits per heavy atom. The molecule has 3 atom stereocenters. The van der Waals surface area contributed by atoms with Crippen LogP contribution in [0.2, 0.25) is 0 Å². The second kappa shape index (κ2) is 5.27. The van der Waals surface area contributed by atoms with Crippen molar-refractivity contribution in [1.29, 1.82) is 0 Å². The average Bonchev–Trinajstić information content (AvgIpc) is 2.86. The Morgan fingerprint density at radius 2 is 2.16 bits per heavy atom. The van der Waals surface area contributed by atoms with Gasteiger partial charge in [-0.3, -0.25) is 4.98 Å². The quantitative estimate of drug-likeness (QED) is 0.918. The minimum Gasteiger partial charge on any atom is -0.374 e. The Labute approximate surface area is 113 Å². The standard InChI is InChI=1S/C16H20N2O/c1-11-6-7-16(19-11)14(17)10-12-8-9-18-15-5-3-2-4-13(12)15/h2-5,8-9,11,14,16H,6-7,10,17H2,1H3. The molecular weight excluding hydrogens is 236 g/mol. The zero-order chi connectivity index (χ0) is 13.2. The maximum absolute atomic E-state index is 6.32. The number of aromatic nitrogens is 1. The number of nitrogens with zero attached hydrogens (tertiary/aromatic N) is 1. The summed E-state index contributed by atoms with van der Waals surface area (Å²) in [4.78, 5) is 4.39. The number of hydrogen-bond donors (Lipinski definition) is 1. The van der Waals surface area contributed by atoms with Gasteiger partial charge in [0.2, 0.25) is 0 Å². The molecule has 100 valence electrons. The molecule has 19 heavy (non-hydrogen) atoms. The van der Waals surface area contributed by atoms with Crippen LogP contribution in [0.5, 0.6) is 0 Å². The molecular formula is C16H20N2O. The fraction of sp³-hybridized carbons (Fsp3) is 0.438. The minimum absolute atomic E-state index is 0.0655. The van der Waals surface area contributed by atoms with Crippen LogP contribution in [0.1, 0.15) is 25.3 Å². The highest BCUT2D eigenvalue weighted by Gasteiger charge is 2.27. The molecule has 2 aromatic rings. The van der Waals surface area contributed by atoms with E-state index in [4.69, 9.17) is 10.5 Å². The van der Waals surface area contributed by atoms with Crippen molar-refractivity contribution in [1.82, 2.24) is 4.98 Å². The molecule has 0 bridgehead atoms. The summed E-state index contributed by atoms with van der Waals surface area (Å²) in [6.07, 6.45) is 5.45. The highest BCUT2D eigenvalue weighted by atomic mass is 16.5. The fourth-order valence-electron chi connectivity index (χ4n) is 2.87. The van der Waals surface area contributed by atoms with Crippen LogP contribution in [-0.2, 0) is 11.2 Å². The Morgan fingerprint density at radius 3 is 2.95 bits per heavy atom. The average molecular weight is 256 g/mol. The molecule has 2 heterocycles. The highest BCUT2D eigenvalue weighted by molar-refractivity contribution is 5.81. The fourth-order valence-corrected chi connectivity index (χ4v) is 2.87. The van der Waals surface area contributed by atoms with E-state index in [9.17, 15) is 0 Å².